The van der Waals surface area contributed by atoms with E-state index in [4.69, 9.17) is 10.3 Å². The van der Waals surface area contributed by atoms with Gasteiger partial charge in [0.1, 0.15) is 0 Å². The fraction of sp³-hybridized carbons (Fsp3) is 0.385. The Kier molecular flexibility index (Phi) is 4.38. The number of rotatable bonds is 5. The van der Waals surface area contributed by atoms with Gasteiger partial charge in [-0.15, -0.1) is 11.8 Å². The molecular formula is C13H17N3OS. The molecule has 0 aliphatic heterocycles. The Hall–Kier alpha value is -1.33. The smallest absolute Gasteiger partial charge is 0.226 e. The lowest BCUT2D eigenvalue weighted by Crippen LogP contribution is -2.04. The molecular weight excluding hydrogens is 246 g/mol. The van der Waals surface area contributed by atoms with E-state index in [9.17, 15) is 0 Å². The largest absolute Gasteiger partial charge is 0.339 e. The van der Waals surface area contributed by atoms with Gasteiger partial charge in [-0.3, -0.25) is 0 Å². The number of aromatic nitrogens is 2. The predicted octanol–water partition coefficient (Wildman–Crippen LogP) is 2.94. The maximum absolute atomic E-state index is 5.86. The first-order valence-corrected chi connectivity index (χ1v) is 6.97. The Bertz CT molecular complexity index is 510. The lowest BCUT2D eigenvalue weighted by atomic mass is 10.1. The van der Waals surface area contributed by atoms with Crippen LogP contribution in [0.2, 0.25) is 0 Å². The third-order valence-corrected chi connectivity index (χ3v) is 3.55. The number of hydrogen-bond donors (Lipinski definition) is 1. The van der Waals surface area contributed by atoms with E-state index < -0.39 is 0 Å². The SMILES string of the molecule is CCc1nc(CSc2cccc(C(C)N)c2)no1. The van der Waals surface area contributed by atoms with Crippen molar-refractivity contribution in [3.63, 3.8) is 0 Å². The van der Waals surface area contributed by atoms with Crippen LogP contribution in [0.5, 0.6) is 0 Å². The van der Waals surface area contributed by atoms with Crippen molar-refractivity contribution in [2.75, 3.05) is 0 Å². The van der Waals surface area contributed by atoms with Crippen LogP contribution in [-0.2, 0) is 12.2 Å². The highest BCUT2D eigenvalue weighted by atomic mass is 32.2. The standard InChI is InChI=1S/C13H17N3OS/c1-3-13-15-12(16-17-13)8-18-11-6-4-5-10(7-11)9(2)14/h4-7,9H,3,8,14H2,1-2H3. The third kappa shape index (κ3) is 3.34. The Labute approximate surface area is 111 Å². The van der Waals surface area contributed by atoms with Crippen molar-refractivity contribution >= 4 is 11.8 Å². The summed E-state index contributed by atoms with van der Waals surface area (Å²) in [6.07, 6.45) is 0.776. The summed E-state index contributed by atoms with van der Waals surface area (Å²) in [5, 5.41) is 3.93. The van der Waals surface area contributed by atoms with E-state index in [1.807, 2.05) is 26.0 Å². The van der Waals surface area contributed by atoms with Gasteiger partial charge in [0.25, 0.3) is 0 Å². The summed E-state index contributed by atoms with van der Waals surface area (Å²) in [4.78, 5) is 5.45. The second-order valence-electron chi connectivity index (χ2n) is 4.11. The van der Waals surface area contributed by atoms with Crippen molar-refractivity contribution in [2.45, 2.75) is 37.0 Å². The molecule has 5 heteroatoms. The second-order valence-corrected chi connectivity index (χ2v) is 5.16. The maximum Gasteiger partial charge on any atom is 0.226 e. The van der Waals surface area contributed by atoms with Crippen LogP contribution in [0, 0.1) is 0 Å². The van der Waals surface area contributed by atoms with Gasteiger partial charge in [-0.05, 0) is 24.6 Å². The highest BCUT2D eigenvalue weighted by Gasteiger charge is 2.06. The number of nitrogens with two attached hydrogens (primary N) is 1. The molecule has 0 amide bonds. The monoisotopic (exact) mass is 263 g/mol. The van der Waals surface area contributed by atoms with E-state index in [0.717, 1.165) is 17.8 Å². The Balaban J connectivity index is 1.99. The van der Waals surface area contributed by atoms with Crippen LogP contribution >= 0.6 is 11.8 Å². The number of hydrogen-bond acceptors (Lipinski definition) is 5. The van der Waals surface area contributed by atoms with Gasteiger partial charge in [-0.2, -0.15) is 4.98 Å². The van der Waals surface area contributed by atoms with Crippen molar-refractivity contribution in [1.29, 1.82) is 0 Å². The quantitative estimate of drug-likeness (QED) is 0.840. The van der Waals surface area contributed by atoms with Gasteiger partial charge in [0.2, 0.25) is 5.89 Å². The molecule has 0 fully saturated rings. The molecule has 1 atom stereocenters. The van der Waals surface area contributed by atoms with Crippen molar-refractivity contribution in [3.05, 3.63) is 41.5 Å². The summed E-state index contributed by atoms with van der Waals surface area (Å²) in [5.74, 6) is 2.14. The molecule has 1 unspecified atom stereocenters. The topological polar surface area (TPSA) is 64.9 Å². The van der Waals surface area contributed by atoms with Crippen molar-refractivity contribution in [2.24, 2.45) is 5.73 Å². The molecule has 0 spiro atoms. The van der Waals surface area contributed by atoms with Gasteiger partial charge in [-0.25, -0.2) is 0 Å². The van der Waals surface area contributed by atoms with Crippen LogP contribution < -0.4 is 5.73 Å². The minimum Gasteiger partial charge on any atom is -0.339 e. The van der Waals surface area contributed by atoms with Crippen molar-refractivity contribution < 1.29 is 4.52 Å². The first-order chi connectivity index (χ1) is 8.69. The summed E-state index contributed by atoms with van der Waals surface area (Å²) >= 11 is 1.69. The van der Waals surface area contributed by atoms with Gasteiger partial charge < -0.3 is 10.3 Å². The molecule has 0 saturated heterocycles. The van der Waals surface area contributed by atoms with Gasteiger partial charge in [0.05, 0.1) is 5.75 Å². The molecule has 1 heterocycles. The lowest BCUT2D eigenvalue weighted by Gasteiger charge is -2.07. The molecule has 0 bridgehead atoms. The fourth-order valence-electron chi connectivity index (χ4n) is 1.53. The van der Waals surface area contributed by atoms with E-state index in [-0.39, 0.29) is 6.04 Å². The maximum atomic E-state index is 5.86. The number of nitrogens with zero attached hydrogens (tertiary/aromatic N) is 2. The second kappa shape index (κ2) is 6.02. The van der Waals surface area contributed by atoms with Crippen LogP contribution in [-0.4, -0.2) is 10.1 Å². The summed E-state index contributed by atoms with van der Waals surface area (Å²) < 4.78 is 5.07. The molecule has 0 aliphatic rings. The summed E-state index contributed by atoms with van der Waals surface area (Å²) in [6, 6.07) is 8.29. The molecule has 2 N–H and O–H groups in total. The average molecular weight is 263 g/mol. The van der Waals surface area contributed by atoms with E-state index in [0.29, 0.717) is 11.6 Å². The Morgan fingerprint density at radius 1 is 1.44 bits per heavy atom. The Morgan fingerprint density at radius 3 is 2.94 bits per heavy atom. The van der Waals surface area contributed by atoms with Gasteiger partial charge in [-0.1, -0.05) is 24.2 Å². The third-order valence-electron chi connectivity index (χ3n) is 2.56. The molecule has 0 saturated carbocycles. The van der Waals surface area contributed by atoms with E-state index >= 15 is 0 Å². The Morgan fingerprint density at radius 2 is 2.28 bits per heavy atom. The number of thioether (sulfide) groups is 1. The summed E-state index contributed by atoms with van der Waals surface area (Å²) in [5.41, 5.74) is 7.00. The number of aryl methyl sites for hydroxylation is 1. The molecule has 0 radical (unpaired) electrons. The normalized spacial score (nSPS) is 12.6. The molecule has 2 aromatic rings. The molecule has 1 aromatic heterocycles. The molecule has 96 valence electrons. The van der Waals surface area contributed by atoms with Crippen molar-refractivity contribution in [3.8, 4) is 0 Å². The zero-order valence-corrected chi connectivity index (χ0v) is 11.4. The van der Waals surface area contributed by atoms with Crippen LogP contribution in [0.25, 0.3) is 0 Å². The van der Waals surface area contributed by atoms with Crippen molar-refractivity contribution in [1.82, 2.24) is 10.1 Å². The average Bonchev–Trinajstić information content (AvgIpc) is 2.84. The lowest BCUT2D eigenvalue weighted by molar-refractivity contribution is 0.378. The molecule has 0 aliphatic carbocycles. The molecule has 4 nitrogen and oxygen atoms in total. The zero-order chi connectivity index (χ0) is 13.0. The van der Waals surface area contributed by atoms with Gasteiger partial charge in [0.15, 0.2) is 5.82 Å². The highest BCUT2D eigenvalue weighted by molar-refractivity contribution is 7.98. The molecule has 18 heavy (non-hydrogen) atoms. The van der Waals surface area contributed by atoms with Crippen LogP contribution in [0.3, 0.4) is 0 Å². The van der Waals surface area contributed by atoms with E-state index in [2.05, 4.69) is 22.3 Å². The van der Waals surface area contributed by atoms with Crippen LogP contribution in [0.4, 0.5) is 0 Å². The van der Waals surface area contributed by atoms with E-state index in [1.165, 1.54) is 4.90 Å². The minimum atomic E-state index is 0.0578. The van der Waals surface area contributed by atoms with Gasteiger partial charge in [0, 0.05) is 17.4 Å². The minimum absolute atomic E-state index is 0.0578. The van der Waals surface area contributed by atoms with E-state index in [1.54, 1.807) is 11.8 Å². The highest BCUT2D eigenvalue weighted by Crippen LogP contribution is 2.24. The predicted molar refractivity (Wildman–Crippen MR) is 72.3 cm³/mol. The van der Waals surface area contributed by atoms with Gasteiger partial charge >= 0.3 is 0 Å². The molecule has 2 rings (SSSR count). The first kappa shape index (κ1) is 13.1. The van der Waals surface area contributed by atoms with Crippen LogP contribution in [0.15, 0.2) is 33.7 Å². The first-order valence-electron chi connectivity index (χ1n) is 5.99. The zero-order valence-electron chi connectivity index (χ0n) is 10.6. The summed E-state index contributed by atoms with van der Waals surface area (Å²) in [7, 11) is 0. The van der Waals surface area contributed by atoms with Crippen LogP contribution in [0.1, 0.15) is 37.2 Å². The summed E-state index contributed by atoms with van der Waals surface area (Å²) in [6.45, 7) is 3.98. The number of benzene rings is 1. The fourth-order valence-corrected chi connectivity index (χ4v) is 2.34. The molecule has 1 aromatic carbocycles.